The van der Waals surface area contributed by atoms with Crippen LogP contribution >= 0.6 is 0 Å². The number of rotatable bonds is 6. The first-order valence-electron chi connectivity index (χ1n) is 11.0. The topological polar surface area (TPSA) is 64.3 Å². The second kappa shape index (κ2) is 9.67. The van der Waals surface area contributed by atoms with Crippen LogP contribution in [0.25, 0.3) is 22.5 Å². The number of hydrogen-bond donors (Lipinski definition) is 1. The third kappa shape index (κ3) is 5.20. The van der Waals surface area contributed by atoms with Gasteiger partial charge in [0.1, 0.15) is 23.6 Å². The number of allylic oxidation sites excluding steroid dienone is 1. The Morgan fingerprint density at radius 2 is 1.70 bits per heavy atom. The van der Waals surface area contributed by atoms with E-state index in [2.05, 4.69) is 0 Å². The number of aromatic nitrogens is 2. The molecule has 4 rings (SSSR count). The lowest BCUT2D eigenvalue weighted by Gasteiger charge is -2.23. The molecule has 0 unspecified atom stereocenters. The van der Waals surface area contributed by atoms with Gasteiger partial charge >= 0.3 is 5.97 Å². The molecule has 172 valence electrons. The summed E-state index contributed by atoms with van der Waals surface area (Å²) >= 11 is 0. The third-order valence-corrected chi connectivity index (χ3v) is 5.58. The minimum atomic E-state index is -0.708. The van der Waals surface area contributed by atoms with E-state index >= 15 is 0 Å². The van der Waals surface area contributed by atoms with E-state index < -0.39 is 18.2 Å². The molecule has 3 aromatic rings. The first-order valence-corrected chi connectivity index (χ1v) is 11.0. The predicted molar refractivity (Wildman–Crippen MR) is 121 cm³/mol. The summed E-state index contributed by atoms with van der Waals surface area (Å²) in [5, 5.41) is 9.84. The second-order valence-corrected chi connectivity index (χ2v) is 8.50. The van der Waals surface area contributed by atoms with Crippen LogP contribution in [-0.4, -0.2) is 32.8 Å². The molecule has 2 atom stereocenters. The van der Waals surface area contributed by atoms with Gasteiger partial charge in [-0.25, -0.2) is 13.8 Å². The molecule has 5 nitrogen and oxygen atoms in total. The number of aliphatic hydroxyl groups excluding tert-OH is 1. The number of ether oxygens (including phenoxy) is 1. The molecule has 1 fully saturated rings. The lowest BCUT2D eigenvalue weighted by Crippen LogP contribution is -2.31. The molecule has 7 heteroatoms. The first kappa shape index (κ1) is 22.9. The number of cyclic esters (lactones) is 1. The minimum absolute atomic E-state index is 0.0130. The van der Waals surface area contributed by atoms with Crippen molar-refractivity contribution >= 4 is 5.97 Å². The van der Waals surface area contributed by atoms with Crippen LogP contribution in [0.1, 0.15) is 38.4 Å². The van der Waals surface area contributed by atoms with E-state index in [9.17, 15) is 18.7 Å². The van der Waals surface area contributed by atoms with Gasteiger partial charge in [-0.1, -0.05) is 19.9 Å². The molecule has 0 aliphatic carbocycles. The molecule has 1 aliphatic rings. The largest absolute Gasteiger partial charge is 0.458 e. The van der Waals surface area contributed by atoms with Crippen LogP contribution in [-0.2, 0) is 16.1 Å². The summed E-state index contributed by atoms with van der Waals surface area (Å²) < 4.78 is 34.5. The van der Waals surface area contributed by atoms with E-state index in [0.29, 0.717) is 18.7 Å². The van der Waals surface area contributed by atoms with E-state index in [0.717, 1.165) is 22.6 Å². The van der Waals surface area contributed by atoms with Crippen LogP contribution in [0.4, 0.5) is 8.78 Å². The summed E-state index contributed by atoms with van der Waals surface area (Å²) in [7, 11) is 0. The number of carbonyl (C=O) groups excluding carboxylic acids is 1. The summed E-state index contributed by atoms with van der Waals surface area (Å²) in [5.41, 5.74) is 3.00. The molecule has 0 spiro atoms. The zero-order valence-corrected chi connectivity index (χ0v) is 18.5. The van der Waals surface area contributed by atoms with Crippen LogP contribution < -0.4 is 0 Å². The Kier molecular flexibility index (Phi) is 6.70. The van der Waals surface area contributed by atoms with Crippen molar-refractivity contribution in [3.63, 3.8) is 0 Å². The van der Waals surface area contributed by atoms with Crippen molar-refractivity contribution < 1.29 is 23.4 Å². The number of imidazole rings is 1. The standard InChI is InChI=1S/C26H26F2N2O3/c1-16(2)26-29-24(17-5-9-19(27)10-6-17)25(18-7-11-20(28)12-8-18)30(26)13-3-4-22-14-21(31)15-23(32)33-22/h3-12,16,21-22,31H,13-15H2,1-2H3/t21-,22-/m0/s1. The minimum Gasteiger partial charge on any atom is -0.458 e. The number of aliphatic hydroxyl groups is 1. The maximum atomic E-state index is 13.6. The summed E-state index contributed by atoms with van der Waals surface area (Å²) in [6, 6.07) is 12.3. The molecule has 0 bridgehead atoms. The smallest absolute Gasteiger partial charge is 0.309 e. The van der Waals surface area contributed by atoms with Crippen molar-refractivity contribution in [2.45, 2.75) is 51.4 Å². The fourth-order valence-corrected chi connectivity index (χ4v) is 4.05. The first-order chi connectivity index (χ1) is 15.8. The SMILES string of the molecule is CC(C)c1nc(-c2ccc(F)cc2)c(-c2ccc(F)cc2)n1CC=C[C@H]1C[C@H](O)CC(=O)O1. The molecule has 33 heavy (non-hydrogen) atoms. The Morgan fingerprint density at radius 1 is 1.09 bits per heavy atom. The number of halogens is 2. The summed E-state index contributed by atoms with van der Waals surface area (Å²) in [6.45, 7) is 4.49. The Hall–Kier alpha value is -3.32. The van der Waals surface area contributed by atoms with E-state index in [1.54, 1.807) is 30.3 Å². The average molecular weight is 453 g/mol. The van der Waals surface area contributed by atoms with Gasteiger partial charge in [0, 0.05) is 30.0 Å². The average Bonchev–Trinajstić information content (AvgIpc) is 3.14. The zero-order valence-electron chi connectivity index (χ0n) is 18.5. The van der Waals surface area contributed by atoms with Crippen molar-refractivity contribution in [1.29, 1.82) is 0 Å². The predicted octanol–water partition coefficient (Wildman–Crippen LogP) is 5.24. The number of benzene rings is 2. The lowest BCUT2D eigenvalue weighted by atomic mass is 10.0. The highest BCUT2D eigenvalue weighted by molar-refractivity contribution is 5.79. The van der Waals surface area contributed by atoms with Crippen molar-refractivity contribution in [3.05, 3.63) is 78.1 Å². The fourth-order valence-electron chi connectivity index (χ4n) is 4.05. The van der Waals surface area contributed by atoms with Crippen molar-refractivity contribution in [1.82, 2.24) is 9.55 Å². The molecular formula is C26H26F2N2O3. The number of hydrogen-bond acceptors (Lipinski definition) is 4. The Morgan fingerprint density at radius 3 is 2.27 bits per heavy atom. The van der Waals surface area contributed by atoms with Gasteiger partial charge in [0.25, 0.3) is 0 Å². The summed E-state index contributed by atoms with van der Waals surface area (Å²) in [6.07, 6.45) is 2.83. The van der Waals surface area contributed by atoms with Gasteiger partial charge in [0.15, 0.2) is 0 Å². The maximum absolute atomic E-state index is 13.6. The fraction of sp³-hybridized carbons (Fsp3) is 0.308. The number of nitrogens with zero attached hydrogens (tertiary/aromatic N) is 2. The molecule has 1 aliphatic heterocycles. The van der Waals surface area contributed by atoms with Crippen LogP contribution in [0.5, 0.6) is 0 Å². The summed E-state index contributed by atoms with van der Waals surface area (Å²) in [4.78, 5) is 16.5. The van der Waals surface area contributed by atoms with Gasteiger partial charge in [0.05, 0.1) is 23.9 Å². The Labute approximate surface area is 191 Å². The Bertz CT molecular complexity index is 1150. The lowest BCUT2D eigenvalue weighted by molar-refractivity contribution is -0.156. The second-order valence-electron chi connectivity index (χ2n) is 8.50. The van der Waals surface area contributed by atoms with Gasteiger partial charge < -0.3 is 14.4 Å². The molecule has 1 saturated heterocycles. The van der Waals surface area contributed by atoms with Crippen LogP contribution in [0.3, 0.4) is 0 Å². The van der Waals surface area contributed by atoms with Gasteiger partial charge in [-0.05, 0) is 54.6 Å². The highest BCUT2D eigenvalue weighted by atomic mass is 19.1. The molecule has 2 heterocycles. The van der Waals surface area contributed by atoms with E-state index in [4.69, 9.17) is 9.72 Å². The van der Waals surface area contributed by atoms with Gasteiger partial charge in [-0.15, -0.1) is 0 Å². The van der Waals surface area contributed by atoms with Gasteiger partial charge in [0.2, 0.25) is 0 Å². The van der Waals surface area contributed by atoms with Gasteiger partial charge in [-0.2, -0.15) is 0 Å². The zero-order chi connectivity index (χ0) is 23.5. The van der Waals surface area contributed by atoms with Gasteiger partial charge in [-0.3, -0.25) is 4.79 Å². The number of esters is 1. The summed E-state index contributed by atoms with van der Waals surface area (Å²) in [5.74, 6) is -0.188. The van der Waals surface area contributed by atoms with Crippen molar-refractivity contribution in [2.24, 2.45) is 0 Å². The quantitative estimate of drug-likeness (QED) is 0.410. The molecule has 1 N–H and O–H groups in total. The molecular weight excluding hydrogens is 426 g/mol. The van der Waals surface area contributed by atoms with Crippen LogP contribution in [0.15, 0.2) is 60.7 Å². The Balaban J connectivity index is 1.77. The van der Waals surface area contributed by atoms with Crippen LogP contribution in [0, 0.1) is 11.6 Å². The monoisotopic (exact) mass is 452 g/mol. The maximum Gasteiger partial charge on any atom is 0.309 e. The van der Waals surface area contributed by atoms with Crippen molar-refractivity contribution in [2.75, 3.05) is 0 Å². The van der Waals surface area contributed by atoms with Crippen LogP contribution in [0.2, 0.25) is 0 Å². The highest BCUT2D eigenvalue weighted by Gasteiger charge is 2.26. The molecule has 0 radical (unpaired) electrons. The number of carbonyl (C=O) groups is 1. The molecule has 1 aromatic heterocycles. The van der Waals surface area contributed by atoms with E-state index in [1.165, 1.54) is 24.3 Å². The highest BCUT2D eigenvalue weighted by Crippen LogP contribution is 2.35. The molecule has 2 aromatic carbocycles. The van der Waals surface area contributed by atoms with E-state index in [1.807, 2.05) is 24.5 Å². The molecule has 0 saturated carbocycles. The van der Waals surface area contributed by atoms with Crippen molar-refractivity contribution in [3.8, 4) is 22.5 Å². The molecule has 0 amide bonds. The normalized spacial score (nSPS) is 18.8. The third-order valence-electron chi connectivity index (χ3n) is 5.58. The van der Waals surface area contributed by atoms with E-state index in [-0.39, 0.29) is 24.0 Å².